The van der Waals surface area contributed by atoms with Gasteiger partial charge in [-0.15, -0.1) is 0 Å². The molecule has 4 nitrogen and oxygen atoms in total. The minimum absolute atomic E-state index is 0.0494. The number of rotatable bonds is 5. The van der Waals surface area contributed by atoms with Crippen molar-refractivity contribution in [3.05, 3.63) is 23.8 Å². The van der Waals surface area contributed by atoms with Crippen LogP contribution in [0.5, 0.6) is 0 Å². The number of amides is 2. The molecule has 1 aromatic rings. The van der Waals surface area contributed by atoms with E-state index in [9.17, 15) is 9.59 Å². The van der Waals surface area contributed by atoms with Crippen molar-refractivity contribution >= 4 is 39.1 Å². The summed E-state index contributed by atoms with van der Waals surface area (Å²) in [7, 11) is 0. The van der Waals surface area contributed by atoms with Crippen molar-refractivity contribution in [3.63, 3.8) is 0 Å². The highest BCUT2D eigenvalue weighted by Crippen LogP contribution is 2.22. The van der Waals surface area contributed by atoms with E-state index in [1.54, 1.807) is 13.0 Å². The summed E-state index contributed by atoms with van der Waals surface area (Å²) in [6.07, 6.45) is 0.423. The normalized spacial score (nSPS) is 12.1. The molecular formula is C15H21BrN2O2. The molecule has 1 rings (SSSR count). The number of carbonyl (C=O) groups is 2. The van der Waals surface area contributed by atoms with Crippen LogP contribution >= 0.6 is 15.9 Å². The number of alkyl halides is 1. The van der Waals surface area contributed by atoms with Gasteiger partial charge in [-0.2, -0.15) is 0 Å². The van der Waals surface area contributed by atoms with Gasteiger partial charge in [0.05, 0.1) is 4.83 Å². The SMILES string of the molecule is CCC(=O)Nc1ccc(C)c(NC(=O)C(Br)C(C)C)c1. The largest absolute Gasteiger partial charge is 0.326 e. The summed E-state index contributed by atoms with van der Waals surface area (Å²) in [4.78, 5) is 23.2. The maximum atomic E-state index is 12.1. The van der Waals surface area contributed by atoms with Gasteiger partial charge in [-0.1, -0.05) is 42.8 Å². The van der Waals surface area contributed by atoms with Crippen molar-refractivity contribution in [3.8, 4) is 0 Å². The average molecular weight is 341 g/mol. The Morgan fingerprint density at radius 1 is 1.25 bits per heavy atom. The number of hydrogen-bond donors (Lipinski definition) is 2. The summed E-state index contributed by atoms with van der Waals surface area (Å²) in [5.41, 5.74) is 2.36. The van der Waals surface area contributed by atoms with Crippen LogP contribution in [-0.2, 0) is 9.59 Å². The fourth-order valence-electron chi connectivity index (χ4n) is 1.59. The lowest BCUT2D eigenvalue weighted by Crippen LogP contribution is -2.27. The number of benzene rings is 1. The maximum absolute atomic E-state index is 12.1. The predicted octanol–water partition coefficient (Wildman–Crippen LogP) is 3.70. The third-order valence-corrected chi connectivity index (χ3v) is 4.41. The molecule has 0 saturated heterocycles. The van der Waals surface area contributed by atoms with Crippen LogP contribution in [0.2, 0.25) is 0 Å². The molecule has 0 aliphatic carbocycles. The van der Waals surface area contributed by atoms with Crippen molar-refractivity contribution < 1.29 is 9.59 Å². The van der Waals surface area contributed by atoms with E-state index in [-0.39, 0.29) is 22.6 Å². The van der Waals surface area contributed by atoms with Gasteiger partial charge in [0, 0.05) is 17.8 Å². The number of aryl methyl sites for hydroxylation is 1. The molecule has 1 atom stereocenters. The van der Waals surface area contributed by atoms with Gasteiger partial charge in [0.1, 0.15) is 0 Å². The van der Waals surface area contributed by atoms with E-state index < -0.39 is 0 Å². The first-order valence-corrected chi connectivity index (χ1v) is 7.62. The van der Waals surface area contributed by atoms with Gasteiger partial charge in [-0.3, -0.25) is 9.59 Å². The van der Waals surface area contributed by atoms with Crippen LogP contribution in [0.15, 0.2) is 18.2 Å². The minimum Gasteiger partial charge on any atom is -0.326 e. The molecule has 1 aromatic carbocycles. The third kappa shape index (κ3) is 4.63. The van der Waals surface area contributed by atoms with Gasteiger partial charge in [0.2, 0.25) is 11.8 Å². The van der Waals surface area contributed by atoms with Crippen LogP contribution in [0, 0.1) is 12.8 Å². The van der Waals surface area contributed by atoms with E-state index >= 15 is 0 Å². The molecule has 0 radical (unpaired) electrons. The number of halogens is 1. The molecule has 0 aromatic heterocycles. The van der Waals surface area contributed by atoms with E-state index in [0.29, 0.717) is 17.8 Å². The van der Waals surface area contributed by atoms with Crippen LogP contribution < -0.4 is 10.6 Å². The Labute approximate surface area is 128 Å². The van der Waals surface area contributed by atoms with Gasteiger partial charge in [-0.05, 0) is 30.5 Å². The topological polar surface area (TPSA) is 58.2 Å². The lowest BCUT2D eigenvalue weighted by Gasteiger charge is -2.16. The van der Waals surface area contributed by atoms with Gasteiger partial charge in [0.15, 0.2) is 0 Å². The second-order valence-electron chi connectivity index (χ2n) is 5.07. The zero-order valence-corrected chi connectivity index (χ0v) is 13.9. The van der Waals surface area contributed by atoms with Crippen LogP contribution in [0.1, 0.15) is 32.8 Å². The summed E-state index contributed by atoms with van der Waals surface area (Å²) in [5.74, 6) is 0.0760. The maximum Gasteiger partial charge on any atom is 0.238 e. The Hall–Kier alpha value is -1.36. The fraction of sp³-hybridized carbons (Fsp3) is 0.467. The summed E-state index contributed by atoms with van der Waals surface area (Å²) in [5, 5.41) is 5.67. The molecule has 1 unspecified atom stereocenters. The van der Waals surface area contributed by atoms with Crippen molar-refractivity contribution in [2.24, 2.45) is 5.92 Å². The summed E-state index contributed by atoms with van der Waals surface area (Å²) < 4.78 is 0. The first-order chi connectivity index (χ1) is 9.35. The standard InChI is InChI=1S/C15H21BrN2O2/c1-5-13(19)17-11-7-6-10(4)12(8-11)18-15(20)14(16)9(2)3/h6-9,14H,5H2,1-4H3,(H,17,19)(H,18,20). The second kappa shape index (κ2) is 7.43. The van der Waals surface area contributed by atoms with E-state index in [0.717, 1.165) is 5.56 Å². The first kappa shape index (κ1) is 16.7. The number of nitrogens with one attached hydrogen (secondary N) is 2. The molecule has 20 heavy (non-hydrogen) atoms. The van der Waals surface area contributed by atoms with Crippen molar-refractivity contribution in [1.29, 1.82) is 0 Å². The molecule has 0 fully saturated rings. The van der Waals surface area contributed by atoms with Crippen LogP contribution in [0.3, 0.4) is 0 Å². The third-order valence-electron chi connectivity index (χ3n) is 2.94. The molecule has 0 bridgehead atoms. The van der Waals surface area contributed by atoms with E-state index in [4.69, 9.17) is 0 Å². The van der Waals surface area contributed by atoms with E-state index in [1.807, 2.05) is 32.9 Å². The fourth-order valence-corrected chi connectivity index (χ4v) is 1.70. The Bertz CT molecular complexity index is 501. The molecule has 2 amide bonds. The molecule has 0 aliphatic heterocycles. The number of carbonyl (C=O) groups excluding carboxylic acids is 2. The van der Waals surface area contributed by atoms with Crippen molar-refractivity contribution in [2.75, 3.05) is 10.6 Å². The van der Waals surface area contributed by atoms with Gasteiger partial charge in [0.25, 0.3) is 0 Å². The Morgan fingerprint density at radius 3 is 2.45 bits per heavy atom. The van der Waals surface area contributed by atoms with Gasteiger partial charge < -0.3 is 10.6 Å². The first-order valence-electron chi connectivity index (χ1n) is 6.70. The Kier molecular flexibility index (Phi) is 6.20. The van der Waals surface area contributed by atoms with E-state index in [2.05, 4.69) is 26.6 Å². The molecule has 0 saturated carbocycles. The minimum atomic E-state index is -0.240. The zero-order chi connectivity index (χ0) is 15.3. The van der Waals surface area contributed by atoms with Gasteiger partial charge in [-0.25, -0.2) is 0 Å². The summed E-state index contributed by atoms with van der Waals surface area (Å²) in [6, 6.07) is 5.48. The van der Waals surface area contributed by atoms with Crippen LogP contribution in [-0.4, -0.2) is 16.6 Å². The summed E-state index contributed by atoms with van der Waals surface area (Å²) >= 11 is 3.38. The molecular weight excluding hydrogens is 320 g/mol. The molecule has 0 heterocycles. The molecule has 5 heteroatoms. The average Bonchev–Trinajstić information content (AvgIpc) is 2.41. The monoisotopic (exact) mass is 340 g/mol. The molecule has 0 aliphatic rings. The highest BCUT2D eigenvalue weighted by Gasteiger charge is 2.19. The lowest BCUT2D eigenvalue weighted by molar-refractivity contribution is -0.116. The Morgan fingerprint density at radius 2 is 1.90 bits per heavy atom. The van der Waals surface area contributed by atoms with Gasteiger partial charge >= 0.3 is 0 Å². The second-order valence-corrected chi connectivity index (χ2v) is 6.05. The highest BCUT2D eigenvalue weighted by atomic mass is 79.9. The van der Waals surface area contributed by atoms with Crippen LogP contribution in [0.4, 0.5) is 11.4 Å². The number of hydrogen-bond acceptors (Lipinski definition) is 2. The smallest absolute Gasteiger partial charge is 0.238 e. The number of anilines is 2. The molecule has 110 valence electrons. The van der Waals surface area contributed by atoms with E-state index in [1.165, 1.54) is 0 Å². The summed E-state index contributed by atoms with van der Waals surface area (Å²) in [6.45, 7) is 7.66. The quantitative estimate of drug-likeness (QED) is 0.803. The predicted molar refractivity (Wildman–Crippen MR) is 86.3 cm³/mol. The van der Waals surface area contributed by atoms with Crippen LogP contribution in [0.25, 0.3) is 0 Å². The highest BCUT2D eigenvalue weighted by molar-refractivity contribution is 9.10. The molecule has 2 N–H and O–H groups in total. The molecule has 0 spiro atoms. The zero-order valence-electron chi connectivity index (χ0n) is 12.3. The Balaban J connectivity index is 2.86. The lowest BCUT2D eigenvalue weighted by atomic mass is 10.1. The van der Waals surface area contributed by atoms with Crippen molar-refractivity contribution in [2.45, 2.75) is 38.9 Å². The van der Waals surface area contributed by atoms with Crippen molar-refractivity contribution in [1.82, 2.24) is 0 Å².